The number of amides is 3. The molecule has 63 heavy (non-hydrogen) atoms. The molecule has 5 aromatic rings. The maximum absolute atomic E-state index is 15.8. The molecule has 0 radical (unpaired) electrons. The molecular weight excluding hydrogens is 827 g/mol. The highest BCUT2D eigenvalue weighted by molar-refractivity contribution is 7.98. The highest BCUT2D eigenvalue weighted by Crippen LogP contribution is 2.57. The average molecular weight is 879 g/mol. The lowest BCUT2D eigenvalue weighted by Gasteiger charge is -2.53. The summed E-state index contributed by atoms with van der Waals surface area (Å²) in [5.74, 6) is -0.100. The van der Waals surface area contributed by atoms with Gasteiger partial charge in [-0.1, -0.05) is 0 Å². The second-order valence-electron chi connectivity index (χ2n) is 17.5. The molecule has 3 saturated heterocycles. The number of nitrogens with zero attached hydrogens (tertiary/aromatic N) is 8. The van der Waals surface area contributed by atoms with E-state index in [1.807, 2.05) is 18.3 Å². The molecule has 14 nitrogen and oxygen atoms in total. The van der Waals surface area contributed by atoms with Crippen molar-refractivity contribution in [2.45, 2.75) is 88.5 Å². The number of hydrogen-bond donors (Lipinski definition) is 3. The maximum atomic E-state index is 15.8. The van der Waals surface area contributed by atoms with E-state index >= 15 is 8.78 Å². The molecular formula is C46H52F2N10O4S. The Labute approximate surface area is 369 Å². The molecule has 3 amide bonds. The van der Waals surface area contributed by atoms with Gasteiger partial charge in [-0.25, -0.2) is 22.9 Å². The molecule has 2 aliphatic carbocycles. The van der Waals surface area contributed by atoms with Crippen LogP contribution in [0, 0.1) is 28.4 Å². The number of fused-ring (bicyclic) bond motifs is 2. The van der Waals surface area contributed by atoms with E-state index in [2.05, 4.69) is 30.4 Å². The third-order valence-corrected chi connectivity index (χ3v) is 14.8. The predicted molar refractivity (Wildman–Crippen MR) is 237 cm³/mol. The number of imide groups is 1. The van der Waals surface area contributed by atoms with Crippen molar-refractivity contribution in [1.82, 2.24) is 34.3 Å². The van der Waals surface area contributed by atoms with Crippen molar-refractivity contribution < 1.29 is 28.2 Å². The number of piperidine rings is 1. The van der Waals surface area contributed by atoms with Crippen molar-refractivity contribution >= 4 is 57.5 Å². The second-order valence-corrected chi connectivity index (χ2v) is 18.4. The van der Waals surface area contributed by atoms with Crippen LogP contribution in [0.3, 0.4) is 0 Å². The van der Waals surface area contributed by atoms with Gasteiger partial charge in [-0.3, -0.25) is 24.7 Å². The van der Waals surface area contributed by atoms with E-state index in [0.29, 0.717) is 51.1 Å². The minimum Gasteiger partial charge on any atom is -0.453 e. The average Bonchev–Trinajstić information content (AvgIpc) is 3.93. The van der Waals surface area contributed by atoms with Gasteiger partial charge in [-0.15, -0.1) is 0 Å². The first-order valence-corrected chi connectivity index (χ1v) is 22.7. The monoisotopic (exact) mass is 878 g/mol. The van der Waals surface area contributed by atoms with Crippen LogP contribution in [0.25, 0.3) is 21.9 Å². The number of urea groups is 1. The normalized spacial score (nSPS) is 21.8. The number of ether oxygens (including phenoxy) is 1. The van der Waals surface area contributed by atoms with Gasteiger partial charge in [-0.05, 0) is 131 Å². The summed E-state index contributed by atoms with van der Waals surface area (Å²) in [4.78, 5) is 38.0. The molecule has 5 heterocycles. The van der Waals surface area contributed by atoms with Crippen molar-refractivity contribution in [3.63, 3.8) is 0 Å². The van der Waals surface area contributed by atoms with Crippen LogP contribution in [-0.4, -0.2) is 91.9 Å². The fourth-order valence-corrected chi connectivity index (χ4v) is 11.2. The van der Waals surface area contributed by atoms with Crippen molar-refractivity contribution in [2.75, 3.05) is 49.5 Å². The van der Waals surface area contributed by atoms with Crippen LogP contribution in [-0.2, 0) is 11.8 Å². The lowest BCUT2D eigenvalue weighted by Crippen LogP contribution is -2.50. The number of halogens is 2. The molecule has 17 heteroatoms. The van der Waals surface area contributed by atoms with Crippen molar-refractivity contribution in [3.05, 3.63) is 77.1 Å². The first-order chi connectivity index (χ1) is 30.6. The first-order valence-electron chi connectivity index (χ1n) is 21.9. The van der Waals surface area contributed by atoms with Crippen LogP contribution in [0.2, 0.25) is 0 Å². The quantitative estimate of drug-likeness (QED) is 0.122. The van der Waals surface area contributed by atoms with Crippen LogP contribution in [0.4, 0.5) is 25.1 Å². The van der Waals surface area contributed by atoms with Gasteiger partial charge in [0.2, 0.25) is 5.91 Å². The molecule has 0 atom stereocenters. The Hall–Kier alpha value is -5.41. The number of rotatable bonds is 9. The highest BCUT2D eigenvalue weighted by atomic mass is 32.2. The van der Waals surface area contributed by atoms with Gasteiger partial charge in [0.1, 0.15) is 23.2 Å². The summed E-state index contributed by atoms with van der Waals surface area (Å²) >= 11 is 1.43. The van der Waals surface area contributed by atoms with Gasteiger partial charge >= 0.3 is 6.03 Å². The first kappa shape index (κ1) is 42.9. The molecule has 5 aliphatic rings. The Morgan fingerprint density at radius 3 is 2.43 bits per heavy atom. The molecule has 2 saturated carbocycles. The van der Waals surface area contributed by atoms with E-state index in [1.54, 1.807) is 29.9 Å². The number of hydrogen-bond acceptors (Lipinski definition) is 12. The largest absolute Gasteiger partial charge is 0.453 e. The number of carbonyl (C=O) groups excluding carboxylic acids is 2. The van der Waals surface area contributed by atoms with Crippen molar-refractivity contribution in [1.29, 1.82) is 5.26 Å². The van der Waals surface area contributed by atoms with Gasteiger partial charge in [0.25, 0.3) is 0 Å². The van der Waals surface area contributed by atoms with Crippen LogP contribution in [0.15, 0.2) is 48.7 Å². The number of aliphatic hydroxyl groups excluding tert-OH is 1. The van der Waals surface area contributed by atoms with E-state index in [4.69, 9.17) is 19.8 Å². The number of anilines is 2. The molecule has 10 rings (SSSR count). The second kappa shape index (κ2) is 18.0. The Kier molecular flexibility index (Phi) is 12.2. The molecule has 3 aromatic carbocycles. The lowest BCUT2D eigenvalue weighted by molar-refractivity contribution is -0.120. The van der Waals surface area contributed by atoms with Gasteiger partial charge in [0, 0.05) is 82.0 Å². The number of nitriles is 1. The number of aryl methyl sites for hydroxylation is 1. The zero-order chi connectivity index (χ0) is 43.8. The highest BCUT2D eigenvalue weighted by Gasteiger charge is 2.47. The molecule has 1 spiro atoms. The molecule has 3 aliphatic heterocycles. The zero-order valence-corrected chi connectivity index (χ0v) is 36.4. The third-order valence-electron chi connectivity index (χ3n) is 13.9. The summed E-state index contributed by atoms with van der Waals surface area (Å²) in [7, 11) is 2.80. The Bertz CT molecular complexity index is 2570. The maximum Gasteiger partial charge on any atom is 0.329 e. The Balaban J connectivity index is 0.00000249. The standard InChI is InChI=1S/C45H48F2N10O3S.CH4O/c1-54-40-22-31(35(47)21-32(40)43(52-54)57-17-12-41(58)51-44(57)59)27-4-6-29(7-5-27)55-18-13-45(14-19-55)23-28(24-45)39-26-49-37-10-8-30(20-38(37)50-39)60-42-33(25-48)36(11-9-34(42)46)53-61-56-15-2-3-16-56;1-2/h8-11,20-22,26-29,53H,2-7,12-19,23-24H2,1H3,(H,51,58,59);2H,1H3. The molecule has 0 unspecified atom stereocenters. The van der Waals surface area contributed by atoms with Crippen molar-refractivity contribution in [2.24, 2.45) is 12.5 Å². The smallest absolute Gasteiger partial charge is 0.329 e. The van der Waals surface area contributed by atoms with Crippen molar-refractivity contribution in [3.8, 4) is 17.6 Å². The fourth-order valence-electron chi connectivity index (χ4n) is 10.4. The molecule has 2 aromatic heterocycles. The van der Waals surface area contributed by atoms with E-state index < -0.39 is 11.8 Å². The molecule has 330 valence electrons. The van der Waals surface area contributed by atoms with Crippen LogP contribution in [0.1, 0.15) is 99.3 Å². The zero-order valence-electron chi connectivity index (χ0n) is 35.6. The van der Waals surface area contributed by atoms with Gasteiger partial charge < -0.3 is 19.5 Å². The topological polar surface area (TPSA) is 165 Å². The summed E-state index contributed by atoms with van der Waals surface area (Å²) < 4.78 is 44.0. The molecule has 5 fully saturated rings. The minimum atomic E-state index is -0.607. The number of aromatic nitrogens is 4. The van der Waals surface area contributed by atoms with E-state index in [9.17, 15) is 14.9 Å². The Morgan fingerprint density at radius 1 is 0.937 bits per heavy atom. The SMILES string of the molecule is CO.Cn1nc(N2CCC(=O)NC2=O)c2cc(F)c(C3CCC(N4CCC5(CC4)CC(c4cnc6ccc(Oc7c(F)ccc(NSN8CCCC8)c7C#N)cc6n4)C5)CC3)cc21. The minimum absolute atomic E-state index is 0.114. The number of likely N-dealkylation sites (tertiary alicyclic amines) is 1. The summed E-state index contributed by atoms with van der Waals surface area (Å²) in [6.07, 6.45) is 12.7. The number of benzene rings is 3. The number of aliphatic hydroxyl groups is 1. The van der Waals surface area contributed by atoms with E-state index in [0.717, 1.165) is 114 Å². The van der Waals surface area contributed by atoms with Gasteiger partial charge in [0.05, 0.1) is 27.9 Å². The molecule has 3 N–H and O–H groups in total. The van der Waals surface area contributed by atoms with Gasteiger partial charge in [0.15, 0.2) is 17.4 Å². The van der Waals surface area contributed by atoms with Crippen LogP contribution in [0.5, 0.6) is 11.5 Å². The summed E-state index contributed by atoms with van der Waals surface area (Å²) in [5.41, 5.74) is 4.78. The predicted octanol–water partition coefficient (Wildman–Crippen LogP) is 8.27. The van der Waals surface area contributed by atoms with E-state index in [-0.39, 0.29) is 41.9 Å². The third kappa shape index (κ3) is 8.53. The number of nitrogens with one attached hydrogen (secondary N) is 2. The summed E-state index contributed by atoms with van der Waals surface area (Å²) in [6.45, 7) is 4.27. The van der Waals surface area contributed by atoms with Crippen LogP contribution >= 0.6 is 12.1 Å². The molecule has 0 bridgehead atoms. The number of carbonyl (C=O) groups is 2. The summed E-state index contributed by atoms with van der Waals surface area (Å²) in [6, 6.07) is 13.7. The summed E-state index contributed by atoms with van der Waals surface area (Å²) in [5, 5.41) is 24.5. The fraction of sp³-hybridized carbons (Fsp3) is 0.478. The van der Waals surface area contributed by atoms with E-state index in [1.165, 1.54) is 29.2 Å². The van der Waals surface area contributed by atoms with Gasteiger partial charge in [-0.2, -0.15) is 10.4 Å². The lowest BCUT2D eigenvalue weighted by atomic mass is 9.56. The van der Waals surface area contributed by atoms with Crippen LogP contribution < -0.4 is 19.7 Å². The Morgan fingerprint density at radius 2 is 1.70 bits per heavy atom.